The highest BCUT2D eigenvalue weighted by Gasteiger charge is 2.19. The van der Waals surface area contributed by atoms with Gasteiger partial charge in [-0.2, -0.15) is 5.10 Å². The molecule has 1 amide bonds. The summed E-state index contributed by atoms with van der Waals surface area (Å²) in [7, 11) is -2.19. The second-order valence-corrected chi connectivity index (χ2v) is 7.93. The molecule has 0 saturated heterocycles. The van der Waals surface area contributed by atoms with Crippen LogP contribution in [-0.4, -0.2) is 25.1 Å². The van der Waals surface area contributed by atoms with E-state index in [9.17, 15) is 13.2 Å². The summed E-state index contributed by atoms with van der Waals surface area (Å²) in [5, 5.41) is 4.13. The van der Waals surface area contributed by atoms with Crippen LogP contribution >= 0.6 is 0 Å². The molecule has 2 N–H and O–H groups in total. The first-order chi connectivity index (χ1) is 13.3. The molecular formula is C20H20N4O3S. The number of nitrogens with zero attached hydrogens (tertiary/aromatic N) is 2. The number of hydrazone groups is 1. The number of sulfonamides is 1. The van der Waals surface area contributed by atoms with E-state index in [1.165, 1.54) is 12.1 Å². The predicted molar refractivity (Wildman–Crippen MR) is 109 cm³/mol. The molecule has 0 spiro atoms. The number of para-hydroxylation sites is 1. The number of hydrogen-bond donors (Lipinski definition) is 2. The van der Waals surface area contributed by atoms with E-state index in [0.717, 1.165) is 11.3 Å². The average molecular weight is 396 g/mol. The van der Waals surface area contributed by atoms with E-state index in [1.807, 2.05) is 37.3 Å². The summed E-state index contributed by atoms with van der Waals surface area (Å²) in [5.41, 5.74) is 5.51. The van der Waals surface area contributed by atoms with Crippen LogP contribution in [0.5, 0.6) is 0 Å². The molecular weight excluding hydrogens is 376 g/mol. The number of amides is 1. The number of rotatable bonds is 6. The molecule has 0 atom stereocenters. The van der Waals surface area contributed by atoms with Crippen LogP contribution in [-0.2, 0) is 17.1 Å². The Kier molecular flexibility index (Phi) is 5.60. The van der Waals surface area contributed by atoms with Gasteiger partial charge in [-0.05, 0) is 37.3 Å². The molecule has 0 radical (unpaired) electrons. The molecule has 1 heterocycles. The monoisotopic (exact) mass is 396 g/mol. The minimum Gasteiger partial charge on any atom is -0.349 e. The summed E-state index contributed by atoms with van der Waals surface area (Å²) in [4.78, 5) is 12.4. The molecule has 0 unspecified atom stereocenters. The topological polar surface area (TPSA) is 92.6 Å². The van der Waals surface area contributed by atoms with Crippen LogP contribution in [0.2, 0.25) is 0 Å². The standard InChI is InChI=1S/C20H20N4O3S/c1-15-8-10-19(11-9-15)28(26,27)23-20(25)16-12-18(24(2)14-16)13-21-22-17-6-4-3-5-7-17/h3-14,22H,1-2H3,(H,23,25)/b21-13-. The maximum Gasteiger partial charge on any atom is 0.266 e. The summed E-state index contributed by atoms with van der Waals surface area (Å²) < 4.78 is 28.5. The number of anilines is 1. The van der Waals surface area contributed by atoms with Crippen molar-refractivity contribution in [2.45, 2.75) is 11.8 Å². The number of benzene rings is 2. The quantitative estimate of drug-likeness (QED) is 0.495. The Morgan fingerprint density at radius 2 is 1.75 bits per heavy atom. The molecule has 0 bridgehead atoms. The first-order valence-electron chi connectivity index (χ1n) is 8.49. The van der Waals surface area contributed by atoms with Gasteiger partial charge in [-0.15, -0.1) is 0 Å². The molecule has 28 heavy (non-hydrogen) atoms. The normalized spacial score (nSPS) is 11.5. The Morgan fingerprint density at radius 1 is 1.07 bits per heavy atom. The van der Waals surface area contributed by atoms with E-state index in [1.54, 1.807) is 42.2 Å². The summed E-state index contributed by atoms with van der Waals surface area (Å²) >= 11 is 0. The molecule has 144 valence electrons. The lowest BCUT2D eigenvalue weighted by Crippen LogP contribution is -2.30. The van der Waals surface area contributed by atoms with Crippen molar-refractivity contribution in [2.75, 3.05) is 5.43 Å². The van der Waals surface area contributed by atoms with Crippen LogP contribution in [0.4, 0.5) is 5.69 Å². The number of hydrogen-bond acceptors (Lipinski definition) is 5. The van der Waals surface area contributed by atoms with Gasteiger partial charge in [0.05, 0.1) is 28.1 Å². The smallest absolute Gasteiger partial charge is 0.266 e. The van der Waals surface area contributed by atoms with Crippen LogP contribution < -0.4 is 10.1 Å². The lowest BCUT2D eigenvalue weighted by Gasteiger charge is -2.06. The summed E-state index contributed by atoms with van der Waals surface area (Å²) in [6.45, 7) is 1.86. The predicted octanol–water partition coefficient (Wildman–Crippen LogP) is 2.90. The van der Waals surface area contributed by atoms with Crippen molar-refractivity contribution in [2.24, 2.45) is 12.1 Å². The molecule has 7 nitrogen and oxygen atoms in total. The lowest BCUT2D eigenvalue weighted by molar-refractivity contribution is 0.0981. The Labute approximate surface area is 163 Å². The van der Waals surface area contributed by atoms with Gasteiger partial charge in [0.1, 0.15) is 0 Å². The molecule has 3 rings (SSSR count). The average Bonchev–Trinajstić information content (AvgIpc) is 3.04. The van der Waals surface area contributed by atoms with Crippen molar-refractivity contribution in [1.82, 2.24) is 9.29 Å². The van der Waals surface area contributed by atoms with Crippen molar-refractivity contribution >= 4 is 27.8 Å². The van der Waals surface area contributed by atoms with E-state index in [2.05, 4.69) is 15.2 Å². The molecule has 0 aliphatic heterocycles. The zero-order valence-electron chi connectivity index (χ0n) is 15.5. The van der Waals surface area contributed by atoms with Crippen molar-refractivity contribution in [1.29, 1.82) is 0 Å². The van der Waals surface area contributed by atoms with E-state index in [4.69, 9.17) is 0 Å². The molecule has 3 aromatic rings. The van der Waals surface area contributed by atoms with Crippen LogP contribution in [0.3, 0.4) is 0 Å². The second kappa shape index (κ2) is 8.10. The second-order valence-electron chi connectivity index (χ2n) is 6.25. The van der Waals surface area contributed by atoms with Crippen LogP contribution in [0.15, 0.2) is 76.9 Å². The molecule has 8 heteroatoms. The fourth-order valence-electron chi connectivity index (χ4n) is 2.48. The maximum absolute atomic E-state index is 12.4. The van der Waals surface area contributed by atoms with Gasteiger partial charge in [0.15, 0.2) is 0 Å². The van der Waals surface area contributed by atoms with Crippen LogP contribution in [0.25, 0.3) is 0 Å². The van der Waals surface area contributed by atoms with Crippen molar-refractivity contribution in [3.63, 3.8) is 0 Å². The highest BCUT2D eigenvalue weighted by Crippen LogP contribution is 2.12. The van der Waals surface area contributed by atoms with E-state index >= 15 is 0 Å². The molecule has 1 aromatic heterocycles. The number of carbonyl (C=O) groups excluding carboxylic acids is 1. The SMILES string of the molecule is Cc1ccc(S(=O)(=O)NC(=O)c2cc(/C=N\Nc3ccccc3)n(C)c2)cc1. The largest absolute Gasteiger partial charge is 0.349 e. The maximum atomic E-state index is 12.4. The zero-order chi connectivity index (χ0) is 20.1. The van der Waals surface area contributed by atoms with Gasteiger partial charge < -0.3 is 4.57 Å². The number of aromatic nitrogens is 1. The number of aryl methyl sites for hydroxylation is 2. The highest BCUT2D eigenvalue weighted by atomic mass is 32.2. The molecule has 2 aromatic carbocycles. The summed E-state index contributed by atoms with van der Waals surface area (Å²) in [6, 6.07) is 17.3. The number of nitrogens with one attached hydrogen (secondary N) is 2. The van der Waals surface area contributed by atoms with Gasteiger partial charge in [-0.1, -0.05) is 35.9 Å². The van der Waals surface area contributed by atoms with Gasteiger partial charge in [0.2, 0.25) is 0 Å². The summed E-state index contributed by atoms with van der Waals surface area (Å²) in [6.07, 6.45) is 3.10. The van der Waals surface area contributed by atoms with E-state index in [-0.39, 0.29) is 10.5 Å². The third-order valence-corrected chi connectivity index (χ3v) is 5.38. The highest BCUT2D eigenvalue weighted by molar-refractivity contribution is 7.90. The first-order valence-corrected chi connectivity index (χ1v) is 9.98. The molecule has 0 aliphatic carbocycles. The van der Waals surface area contributed by atoms with Crippen LogP contribution in [0.1, 0.15) is 21.6 Å². The Balaban J connectivity index is 1.71. The molecule has 0 fully saturated rings. The summed E-state index contributed by atoms with van der Waals surface area (Å²) in [5.74, 6) is -0.702. The lowest BCUT2D eigenvalue weighted by atomic mass is 10.2. The van der Waals surface area contributed by atoms with E-state index < -0.39 is 15.9 Å². The van der Waals surface area contributed by atoms with E-state index in [0.29, 0.717) is 5.69 Å². The van der Waals surface area contributed by atoms with Crippen molar-refractivity contribution in [3.05, 3.63) is 83.7 Å². The fourth-order valence-corrected chi connectivity index (χ4v) is 3.45. The van der Waals surface area contributed by atoms with Crippen molar-refractivity contribution < 1.29 is 13.2 Å². The molecule has 0 saturated carbocycles. The van der Waals surface area contributed by atoms with Crippen LogP contribution in [0, 0.1) is 6.92 Å². The Bertz CT molecular complexity index is 1100. The van der Waals surface area contributed by atoms with Gasteiger partial charge >= 0.3 is 0 Å². The minimum atomic E-state index is -3.94. The molecule has 0 aliphatic rings. The van der Waals surface area contributed by atoms with Gasteiger partial charge in [0.25, 0.3) is 15.9 Å². The zero-order valence-corrected chi connectivity index (χ0v) is 16.3. The van der Waals surface area contributed by atoms with Gasteiger partial charge in [-0.25, -0.2) is 13.1 Å². The van der Waals surface area contributed by atoms with Gasteiger partial charge in [-0.3, -0.25) is 10.2 Å². The number of carbonyl (C=O) groups is 1. The first kappa shape index (κ1) is 19.4. The third kappa shape index (κ3) is 4.66. The third-order valence-electron chi connectivity index (χ3n) is 4.03. The Hall–Kier alpha value is -3.39. The fraction of sp³-hybridized carbons (Fsp3) is 0.100. The van der Waals surface area contributed by atoms with Gasteiger partial charge in [0, 0.05) is 13.2 Å². The Morgan fingerprint density at radius 3 is 2.43 bits per heavy atom. The van der Waals surface area contributed by atoms with Crippen molar-refractivity contribution in [3.8, 4) is 0 Å². The minimum absolute atomic E-state index is 0.0382.